The van der Waals surface area contributed by atoms with Crippen molar-refractivity contribution in [2.45, 2.75) is 33.1 Å². The second kappa shape index (κ2) is 4.73. The monoisotopic (exact) mass is 220 g/mol. The first-order valence-electron chi connectivity index (χ1n) is 6.05. The van der Waals surface area contributed by atoms with Crippen LogP contribution >= 0.6 is 0 Å². The number of aromatic nitrogens is 1. The van der Waals surface area contributed by atoms with E-state index in [0.29, 0.717) is 12.0 Å². The van der Waals surface area contributed by atoms with Crippen LogP contribution in [0.4, 0.5) is 5.82 Å². The van der Waals surface area contributed by atoms with Gasteiger partial charge in [-0.25, -0.2) is 4.98 Å². The van der Waals surface area contributed by atoms with Crippen molar-refractivity contribution in [2.75, 3.05) is 18.5 Å². The zero-order chi connectivity index (χ0) is 11.4. The van der Waals surface area contributed by atoms with E-state index in [1.54, 1.807) is 6.20 Å². The molecule has 1 heterocycles. The smallest absolute Gasteiger partial charge is 0.168 e. The zero-order valence-electron chi connectivity index (χ0n) is 10.1. The molecule has 2 rings (SSSR count). The van der Waals surface area contributed by atoms with Crippen molar-refractivity contribution in [3.05, 3.63) is 18.3 Å². The molecular weight excluding hydrogens is 200 g/mol. The van der Waals surface area contributed by atoms with Crippen LogP contribution in [0.2, 0.25) is 0 Å². The van der Waals surface area contributed by atoms with Crippen LogP contribution in [0.25, 0.3) is 0 Å². The summed E-state index contributed by atoms with van der Waals surface area (Å²) in [6.45, 7) is 5.98. The van der Waals surface area contributed by atoms with Crippen LogP contribution in [0.1, 0.15) is 33.1 Å². The molecule has 1 N–H and O–H groups in total. The average molecular weight is 220 g/mol. The van der Waals surface area contributed by atoms with Crippen molar-refractivity contribution in [3.8, 4) is 5.75 Å². The van der Waals surface area contributed by atoms with Gasteiger partial charge in [0.25, 0.3) is 0 Å². The molecule has 0 bridgehead atoms. The summed E-state index contributed by atoms with van der Waals surface area (Å²) in [6.07, 6.45) is 5.79. The van der Waals surface area contributed by atoms with E-state index in [0.717, 1.165) is 18.1 Å². The average Bonchev–Trinajstić information content (AvgIpc) is 2.26. The first kappa shape index (κ1) is 11.2. The van der Waals surface area contributed by atoms with Gasteiger partial charge in [0.05, 0.1) is 6.61 Å². The van der Waals surface area contributed by atoms with Gasteiger partial charge in [-0.1, -0.05) is 13.3 Å². The topological polar surface area (TPSA) is 34.1 Å². The largest absolute Gasteiger partial charge is 0.490 e. The Morgan fingerprint density at radius 2 is 2.31 bits per heavy atom. The molecule has 3 nitrogen and oxygen atoms in total. The Hall–Kier alpha value is -1.25. The Morgan fingerprint density at radius 1 is 1.50 bits per heavy atom. The summed E-state index contributed by atoms with van der Waals surface area (Å²) in [6, 6.07) is 3.86. The maximum atomic E-state index is 5.53. The molecule has 0 spiro atoms. The van der Waals surface area contributed by atoms with E-state index in [1.807, 2.05) is 19.1 Å². The molecule has 0 radical (unpaired) electrons. The molecule has 88 valence electrons. The highest BCUT2D eigenvalue weighted by atomic mass is 16.5. The van der Waals surface area contributed by atoms with Crippen molar-refractivity contribution in [1.29, 1.82) is 0 Å². The molecule has 16 heavy (non-hydrogen) atoms. The highest BCUT2D eigenvalue weighted by Crippen LogP contribution is 2.40. The SMILES string of the molecule is CCOc1cccnc1NCC1(C)CCC1. The molecule has 0 atom stereocenters. The summed E-state index contributed by atoms with van der Waals surface area (Å²) in [5.41, 5.74) is 0.459. The summed E-state index contributed by atoms with van der Waals surface area (Å²) < 4.78 is 5.53. The number of nitrogens with one attached hydrogen (secondary N) is 1. The fourth-order valence-corrected chi connectivity index (χ4v) is 2.05. The Balaban J connectivity index is 1.97. The fourth-order valence-electron chi connectivity index (χ4n) is 2.05. The summed E-state index contributed by atoms with van der Waals surface area (Å²) in [7, 11) is 0. The van der Waals surface area contributed by atoms with Gasteiger partial charge in [-0.3, -0.25) is 0 Å². The van der Waals surface area contributed by atoms with Gasteiger partial charge in [0.15, 0.2) is 11.6 Å². The Labute approximate surface area is 97.2 Å². The normalized spacial score (nSPS) is 17.6. The first-order valence-corrected chi connectivity index (χ1v) is 6.05. The highest BCUT2D eigenvalue weighted by Gasteiger charge is 2.31. The summed E-state index contributed by atoms with van der Waals surface area (Å²) in [5.74, 6) is 1.73. The van der Waals surface area contributed by atoms with Crippen molar-refractivity contribution in [2.24, 2.45) is 5.41 Å². The van der Waals surface area contributed by atoms with Crippen LogP contribution in [-0.4, -0.2) is 18.1 Å². The number of ether oxygens (including phenoxy) is 1. The maximum Gasteiger partial charge on any atom is 0.168 e. The third-order valence-corrected chi connectivity index (χ3v) is 3.31. The van der Waals surface area contributed by atoms with Crippen molar-refractivity contribution < 1.29 is 4.74 Å². The molecule has 1 aliphatic rings. The Bertz CT molecular complexity index is 348. The molecule has 0 saturated heterocycles. The van der Waals surface area contributed by atoms with Gasteiger partial charge in [0.2, 0.25) is 0 Å². The highest BCUT2D eigenvalue weighted by molar-refractivity contribution is 5.49. The molecule has 1 saturated carbocycles. The first-order chi connectivity index (χ1) is 7.73. The van der Waals surface area contributed by atoms with Gasteiger partial charge < -0.3 is 10.1 Å². The summed E-state index contributed by atoms with van der Waals surface area (Å²) in [4.78, 5) is 4.32. The molecule has 0 unspecified atom stereocenters. The lowest BCUT2D eigenvalue weighted by atomic mass is 9.70. The van der Waals surface area contributed by atoms with Crippen LogP contribution in [0.15, 0.2) is 18.3 Å². The lowest BCUT2D eigenvalue weighted by Gasteiger charge is -2.38. The predicted octanol–water partition coefficient (Wildman–Crippen LogP) is 3.08. The fraction of sp³-hybridized carbons (Fsp3) is 0.615. The van der Waals surface area contributed by atoms with E-state index in [9.17, 15) is 0 Å². The van der Waals surface area contributed by atoms with Crippen LogP contribution in [-0.2, 0) is 0 Å². The molecule has 1 fully saturated rings. The number of nitrogens with zero attached hydrogens (tertiary/aromatic N) is 1. The van der Waals surface area contributed by atoms with Crippen molar-refractivity contribution >= 4 is 5.82 Å². The Morgan fingerprint density at radius 3 is 2.94 bits per heavy atom. The lowest BCUT2D eigenvalue weighted by Crippen LogP contribution is -2.33. The van der Waals surface area contributed by atoms with Crippen LogP contribution < -0.4 is 10.1 Å². The summed E-state index contributed by atoms with van der Waals surface area (Å²) in [5, 5.41) is 3.40. The molecule has 0 amide bonds. The van der Waals surface area contributed by atoms with Crippen molar-refractivity contribution in [1.82, 2.24) is 4.98 Å². The number of anilines is 1. The lowest BCUT2D eigenvalue weighted by molar-refractivity contribution is 0.179. The summed E-state index contributed by atoms with van der Waals surface area (Å²) >= 11 is 0. The second-order valence-corrected chi connectivity index (χ2v) is 4.80. The van der Waals surface area contributed by atoms with Crippen LogP contribution in [0, 0.1) is 5.41 Å². The Kier molecular flexibility index (Phi) is 3.32. The third-order valence-electron chi connectivity index (χ3n) is 3.31. The van der Waals surface area contributed by atoms with Gasteiger partial charge in [0, 0.05) is 12.7 Å². The molecule has 3 heteroatoms. The van der Waals surface area contributed by atoms with Gasteiger partial charge in [0.1, 0.15) is 0 Å². The van der Waals surface area contributed by atoms with Crippen LogP contribution in [0.5, 0.6) is 5.75 Å². The minimum absolute atomic E-state index is 0.459. The number of hydrogen-bond acceptors (Lipinski definition) is 3. The predicted molar refractivity (Wildman–Crippen MR) is 65.9 cm³/mol. The molecular formula is C13H20N2O. The molecule has 0 aromatic carbocycles. The van der Waals surface area contributed by atoms with Gasteiger partial charge in [-0.15, -0.1) is 0 Å². The van der Waals surface area contributed by atoms with Gasteiger partial charge in [-0.05, 0) is 37.3 Å². The van der Waals surface area contributed by atoms with E-state index in [-0.39, 0.29) is 0 Å². The maximum absolute atomic E-state index is 5.53. The second-order valence-electron chi connectivity index (χ2n) is 4.80. The molecule has 1 aromatic heterocycles. The number of pyridine rings is 1. The van der Waals surface area contributed by atoms with E-state index < -0.39 is 0 Å². The molecule has 0 aliphatic heterocycles. The third kappa shape index (κ3) is 2.46. The van der Waals surface area contributed by atoms with E-state index in [4.69, 9.17) is 4.74 Å². The van der Waals surface area contributed by atoms with Crippen LogP contribution in [0.3, 0.4) is 0 Å². The van der Waals surface area contributed by atoms with E-state index in [1.165, 1.54) is 19.3 Å². The van der Waals surface area contributed by atoms with E-state index in [2.05, 4.69) is 17.2 Å². The van der Waals surface area contributed by atoms with Gasteiger partial charge >= 0.3 is 0 Å². The number of hydrogen-bond donors (Lipinski definition) is 1. The standard InChI is InChI=1S/C13H20N2O/c1-3-16-11-6-4-9-14-12(11)15-10-13(2)7-5-8-13/h4,6,9H,3,5,7-8,10H2,1-2H3,(H,14,15). The quantitative estimate of drug-likeness (QED) is 0.828. The van der Waals surface area contributed by atoms with Gasteiger partial charge in [-0.2, -0.15) is 0 Å². The zero-order valence-corrected chi connectivity index (χ0v) is 10.1. The van der Waals surface area contributed by atoms with E-state index >= 15 is 0 Å². The molecule has 1 aromatic rings. The minimum Gasteiger partial charge on any atom is -0.490 e. The molecule has 1 aliphatic carbocycles. The number of rotatable bonds is 5. The van der Waals surface area contributed by atoms with Crippen molar-refractivity contribution in [3.63, 3.8) is 0 Å². The minimum atomic E-state index is 0.459.